The number of ether oxygens (including phenoxy) is 3. The highest BCUT2D eigenvalue weighted by Gasteiger charge is 2.31. The summed E-state index contributed by atoms with van der Waals surface area (Å²) in [6.45, 7) is 3.58. The molecule has 1 aliphatic heterocycles. The molecule has 8 heteroatoms. The van der Waals surface area contributed by atoms with E-state index in [0.29, 0.717) is 32.1 Å². The molecule has 31 heavy (non-hydrogen) atoms. The summed E-state index contributed by atoms with van der Waals surface area (Å²) in [6.07, 6.45) is 4.82. The lowest BCUT2D eigenvalue weighted by atomic mass is 9.98. The Kier molecular flexibility index (Phi) is 8.17. The molecule has 1 aromatic rings. The fourth-order valence-corrected chi connectivity index (χ4v) is 4.55. The van der Waals surface area contributed by atoms with Crippen molar-refractivity contribution in [2.45, 2.75) is 49.0 Å². The topological polar surface area (TPSA) is 94.1 Å². The lowest BCUT2D eigenvalue weighted by Gasteiger charge is -2.29. The number of aldehydes is 1. The number of hydrogen-bond acceptors (Lipinski definition) is 7. The lowest BCUT2D eigenvalue weighted by Crippen LogP contribution is -2.23. The van der Waals surface area contributed by atoms with Crippen LogP contribution in [0.5, 0.6) is 5.75 Å². The second-order valence-electron chi connectivity index (χ2n) is 7.62. The van der Waals surface area contributed by atoms with Crippen LogP contribution in [-0.4, -0.2) is 56.1 Å². The van der Waals surface area contributed by atoms with Crippen molar-refractivity contribution in [2.24, 2.45) is 0 Å². The number of thioether (sulfide) groups is 1. The van der Waals surface area contributed by atoms with Crippen LogP contribution in [0.25, 0.3) is 5.70 Å². The number of rotatable bonds is 12. The van der Waals surface area contributed by atoms with Crippen molar-refractivity contribution in [3.8, 4) is 5.75 Å². The molecule has 1 saturated carbocycles. The van der Waals surface area contributed by atoms with Gasteiger partial charge in [-0.3, -0.25) is 4.79 Å². The van der Waals surface area contributed by atoms with Crippen molar-refractivity contribution < 1.29 is 28.9 Å². The van der Waals surface area contributed by atoms with Gasteiger partial charge in [0.1, 0.15) is 5.75 Å². The van der Waals surface area contributed by atoms with Crippen LogP contribution >= 0.6 is 11.8 Å². The van der Waals surface area contributed by atoms with Crippen LogP contribution in [-0.2, 0) is 25.7 Å². The fraction of sp³-hybridized carbons (Fsp3) is 0.478. The lowest BCUT2D eigenvalue weighted by molar-refractivity contribution is -0.133. The van der Waals surface area contributed by atoms with Crippen LogP contribution in [0.15, 0.2) is 34.3 Å². The molecule has 168 valence electrons. The molecule has 0 radical (unpaired) electrons. The monoisotopic (exact) mass is 447 g/mol. The maximum absolute atomic E-state index is 11.4. The normalized spacial score (nSPS) is 18.5. The van der Waals surface area contributed by atoms with E-state index in [4.69, 9.17) is 14.2 Å². The van der Waals surface area contributed by atoms with Crippen molar-refractivity contribution in [3.05, 3.63) is 40.5 Å². The Morgan fingerprint density at radius 2 is 2.03 bits per heavy atom. The summed E-state index contributed by atoms with van der Waals surface area (Å²) >= 11 is 1.62. The number of carboxylic acid groups (broad SMARTS) is 1. The van der Waals surface area contributed by atoms with Gasteiger partial charge in [-0.1, -0.05) is 0 Å². The van der Waals surface area contributed by atoms with Crippen molar-refractivity contribution in [3.63, 3.8) is 0 Å². The average Bonchev–Trinajstić information content (AvgIpc) is 3.55. The SMILES string of the molecule is COCCCOc1cc2c(cc1COC)C(NC1CC1)=C(/C=C(\C=O)C(=O)O)C(C)S2. The van der Waals surface area contributed by atoms with E-state index in [1.807, 2.05) is 19.1 Å². The molecule has 0 bridgehead atoms. The van der Waals surface area contributed by atoms with E-state index in [-0.39, 0.29) is 10.8 Å². The molecule has 0 aromatic heterocycles. The van der Waals surface area contributed by atoms with Gasteiger partial charge in [-0.05, 0) is 43.5 Å². The van der Waals surface area contributed by atoms with Gasteiger partial charge >= 0.3 is 5.97 Å². The smallest absolute Gasteiger partial charge is 0.339 e. The Morgan fingerprint density at radius 3 is 2.65 bits per heavy atom. The second kappa shape index (κ2) is 10.8. The standard InChI is InChI=1S/C23H29NO6S/c1-14-18(9-15(12-25)23(26)27)22(24-17-5-6-17)19-10-16(13-29-3)20(11-21(19)31-14)30-8-4-7-28-2/h9-12,14,17,24H,4-8,13H2,1-3H3,(H,26,27)/b15-9+. The molecule has 0 spiro atoms. The van der Waals surface area contributed by atoms with Crippen LogP contribution in [0, 0.1) is 0 Å². The number of carboxylic acids is 1. The average molecular weight is 448 g/mol. The number of allylic oxidation sites excluding steroid dienone is 1. The van der Waals surface area contributed by atoms with E-state index in [9.17, 15) is 14.7 Å². The molecule has 1 fully saturated rings. The van der Waals surface area contributed by atoms with Gasteiger partial charge in [0.2, 0.25) is 0 Å². The van der Waals surface area contributed by atoms with Crippen molar-refractivity contribution in [2.75, 3.05) is 27.4 Å². The highest BCUT2D eigenvalue weighted by molar-refractivity contribution is 8.00. The minimum atomic E-state index is -1.23. The zero-order chi connectivity index (χ0) is 22.4. The van der Waals surface area contributed by atoms with Gasteiger partial charge in [0.05, 0.1) is 18.8 Å². The maximum atomic E-state index is 11.4. The van der Waals surface area contributed by atoms with Crippen molar-refractivity contribution in [1.82, 2.24) is 5.32 Å². The molecule has 3 rings (SSSR count). The van der Waals surface area contributed by atoms with E-state index in [2.05, 4.69) is 5.32 Å². The van der Waals surface area contributed by atoms with Gasteiger partial charge in [-0.2, -0.15) is 0 Å². The molecule has 1 aliphatic carbocycles. The van der Waals surface area contributed by atoms with Gasteiger partial charge < -0.3 is 24.6 Å². The number of aliphatic carboxylic acids is 1. The number of nitrogens with one attached hydrogen (secondary N) is 1. The third kappa shape index (κ3) is 5.90. The van der Waals surface area contributed by atoms with Gasteiger partial charge in [0, 0.05) is 60.3 Å². The van der Waals surface area contributed by atoms with Crippen LogP contribution in [0.4, 0.5) is 0 Å². The van der Waals surface area contributed by atoms with Crippen molar-refractivity contribution in [1.29, 1.82) is 0 Å². The molecule has 1 heterocycles. The number of carbonyl (C=O) groups excluding carboxylic acids is 1. The summed E-state index contributed by atoms with van der Waals surface area (Å²) in [5.74, 6) is -0.448. The van der Waals surface area contributed by atoms with Gasteiger partial charge in [-0.25, -0.2) is 4.79 Å². The van der Waals surface area contributed by atoms with Crippen LogP contribution in [0.3, 0.4) is 0 Å². The van der Waals surface area contributed by atoms with Crippen LogP contribution in [0.2, 0.25) is 0 Å². The Labute approximate surface area is 186 Å². The van der Waals surface area contributed by atoms with Crippen LogP contribution in [0.1, 0.15) is 37.3 Å². The molecule has 1 unspecified atom stereocenters. The molecular formula is C23H29NO6S. The van der Waals surface area contributed by atoms with Gasteiger partial charge in [-0.15, -0.1) is 11.8 Å². The van der Waals surface area contributed by atoms with Gasteiger partial charge in [0.15, 0.2) is 6.29 Å². The maximum Gasteiger partial charge on any atom is 0.339 e. The number of benzene rings is 1. The van der Waals surface area contributed by atoms with E-state index in [0.717, 1.165) is 52.3 Å². The molecule has 0 saturated heterocycles. The molecule has 1 aromatic carbocycles. The third-order valence-corrected chi connectivity index (χ3v) is 6.32. The summed E-state index contributed by atoms with van der Waals surface area (Å²) in [4.78, 5) is 23.8. The first-order chi connectivity index (χ1) is 15.0. The number of methoxy groups -OCH3 is 2. The first-order valence-corrected chi connectivity index (χ1v) is 11.2. The largest absolute Gasteiger partial charge is 0.493 e. The molecule has 7 nitrogen and oxygen atoms in total. The summed E-state index contributed by atoms with van der Waals surface area (Å²) in [6, 6.07) is 4.44. The molecule has 2 N–H and O–H groups in total. The molecule has 2 aliphatic rings. The highest BCUT2D eigenvalue weighted by Crippen LogP contribution is 2.45. The van der Waals surface area contributed by atoms with Crippen LogP contribution < -0.4 is 10.1 Å². The van der Waals surface area contributed by atoms with E-state index in [1.165, 1.54) is 6.08 Å². The Balaban J connectivity index is 2.05. The summed E-state index contributed by atoms with van der Waals surface area (Å²) in [5.41, 5.74) is 3.34. The highest BCUT2D eigenvalue weighted by atomic mass is 32.2. The zero-order valence-corrected chi connectivity index (χ0v) is 18.9. The summed E-state index contributed by atoms with van der Waals surface area (Å²) in [7, 11) is 3.31. The van der Waals surface area contributed by atoms with Crippen molar-refractivity contribution >= 4 is 29.7 Å². The first-order valence-electron chi connectivity index (χ1n) is 10.3. The Hall–Kier alpha value is -2.29. The predicted octanol–water partition coefficient (Wildman–Crippen LogP) is 3.42. The summed E-state index contributed by atoms with van der Waals surface area (Å²) < 4.78 is 16.5. The Morgan fingerprint density at radius 1 is 1.26 bits per heavy atom. The third-order valence-electron chi connectivity index (χ3n) is 5.12. The quantitative estimate of drug-likeness (QED) is 0.166. The van der Waals surface area contributed by atoms with E-state index in [1.54, 1.807) is 26.0 Å². The fourth-order valence-electron chi connectivity index (χ4n) is 3.40. The first kappa shape index (κ1) is 23.4. The summed E-state index contributed by atoms with van der Waals surface area (Å²) in [5, 5.41) is 12.9. The van der Waals surface area contributed by atoms with Gasteiger partial charge in [0.25, 0.3) is 0 Å². The zero-order valence-electron chi connectivity index (χ0n) is 18.1. The molecule has 0 amide bonds. The number of carbonyl (C=O) groups is 2. The number of fused-ring (bicyclic) bond motifs is 1. The van der Waals surface area contributed by atoms with E-state index >= 15 is 0 Å². The number of hydrogen-bond donors (Lipinski definition) is 2. The molecular weight excluding hydrogens is 418 g/mol. The minimum absolute atomic E-state index is 0.0299. The Bertz CT molecular complexity index is 890. The molecule has 1 atom stereocenters. The minimum Gasteiger partial charge on any atom is -0.493 e. The second-order valence-corrected chi connectivity index (χ2v) is 9.00. The predicted molar refractivity (Wildman–Crippen MR) is 119 cm³/mol. The van der Waals surface area contributed by atoms with E-state index < -0.39 is 5.97 Å².